The van der Waals surface area contributed by atoms with E-state index in [2.05, 4.69) is 15.1 Å². The number of nitrogens with zero attached hydrogens (tertiary/aromatic N) is 5. The van der Waals surface area contributed by atoms with Gasteiger partial charge < -0.3 is 14.2 Å². The third-order valence-corrected chi connectivity index (χ3v) is 4.29. The lowest BCUT2D eigenvalue weighted by atomic mass is 10.1. The van der Waals surface area contributed by atoms with Crippen molar-refractivity contribution in [2.75, 3.05) is 13.1 Å². The van der Waals surface area contributed by atoms with Gasteiger partial charge in [-0.25, -0.2) is 9.97 Å². The summed E-state index contributed by atoms with van der Waals surface area (Å²) in [6.45, 7) is 4.79. The number of likely N-dealkylation sites (tertiary alicyclic amines) is 1. The lowest BCUT2D eigenvalue weighted by Crippen LogP contribution is -2.45. The number of hydrogen-bond donors (Lipinski definition) is 0. The average molecular weight is 341 g/mol. The molecule has 0 bridgehead atoms. The molecule has 1 saturated heterocycles. The maximum Gasteiger partial charge on any atom is 0.251 e. The molecule has 0 aliphatic carbocycles. The first-order chi connectivity index (χ1) is 12.1. The molecule has 0 aromatic carbocycles. The molecule has 2 aromatic rings. The molecule has 1 atom stereocenters. The molecule has 1 aliphatic rings. The fraction of sp³-hybridized carbons (Fsp3) is 0.471. The van der Waals surface area contributed by atoms with Crippen LogP contribution in [0.25, 0.3) is 0 Å². The molecule has 1 fully saturated rings. The summed E-state index contributed by atoms with van der Waals surface area (Å²) in [6.07, 6.45) is 4.63. The van der Waals surface area contributed by atoms with E-state index in [0.29, 0.717) is 18.8 Å². The van der Waals surface area contributed by atoms with Crippen LogP contribution in [0.5, 0.6) is 5.88 Å². The third-order valence-electron chi connectivity index (χ3n) is 4.29. The average Bonchev–Trinajstić information content (AvgIpc) is 2.94. The zero-order valence-electron chi connectivity index (χ0n) is 14.2. The molecule has 1 unspecified atom stereocenters. The third kappa shape index (κ3) is 3.76. The van der Waals surface area contributed by atoms with Gasteiger partial charge in [0, 0.05) is 24.5 Å². The lowest BCUT2D eigenvalue weighted by Gasteiger charge is -2.32. The zero-order valence-corrected chi connectivity index (χ0v) is 14.2. The molecule has 8 nitrogen and oxygen atoms in total. The highest BCUT2D eigenvalue weighted by molar-refractivity contribution is 5.79. The van der Waals surface area contributed by atoms with E-state index >= 15 is 0 Å². The van der Waals surface area contributed by atoms with Crippen LogP contribution in [0, 0.1) is 25.2 Å². The minimum Gasteiger partial charge on any atom is -0.470 e. The number of nitriles is 1. The summed E-state index contributed by atoms with van der Waals surface area (Å²) in [5.41, 5.74) is 1.74. The molecule has 3 heterocycles. The maximum absolute atomic E-state index is 12.6. The molecule has 0 saturated carbocycles. The number of carbonyl (C=O) groups is 1. The van der Waals surface area contributed by atoms with Gasteiger partial charge in [-0.05, 0) is 26.7 Å². The van der Waals surface area contributed by atoms with Gasteiger partial charge >= 0.3 is 0 Å². The van der Waals surface area contributed by atoms with Gasteiger partial charge in [0.15, 0.2) is 0 Å². The molecule has 0 N–H and O–H groups in total. The van der Waals surface area contributed by atoms with Crippen LogP contribution in [0.1, 0.15) is 35.6 Å². The second-order valence-corrected chi connectivity index (χ2v) is 6.02. The number of aromatic nitrogens is 3. The summed E-state index contributed by atoms with van der Waals surface area (Å²) < 4.78 is 10.9. The second-order valence-electron chi connectivity index (χ2n) is 6.02. The molecule has 1 aliphatic heterocycles. The Hall–Kier alpha value is -2.95. The summed E-state index contributed by atoms with van der Waals surface area (Å²) in [5, 5.41) is 13.0. The molecular weight excluding hydrogens is 322 g/mol. The van der Waals surface area contributed by atoms with Gasteiger partial charge in [0.05, 0.1) is 18.7 Å². The standard InChI is InChI=1S/C17H19N5O3/c1-11-14(12(2)25-21-11)8-16(23)22-7-3-4-13(10-22)24-17-15(9-18)19-5-6-20-17/h5-6,13H,3-4,7-8,10H2,1-2H3. The van der Waals surface area contributed by atoms with Crippen LogP contribution in [0.3, 0.4) is 0 Å². The molecule has 8 heteroatoms. The highest BCUT2D eigenvalue weighted by Crippen LogP contribution is 2.20. The number of carbonyl (C=O) groups excluding carboxylic acids is 1. The van der Waals surface area contributed by atoms with Crippen LogP contribution >= 0.6 is 0 Å². The number of hydrogen-bond acceptors (Lipinski definition) is 7. The van der Waals surface area contributed by atoms with Crippen LogP contribution in [0.2, 0.25) is 0 Å². The van der Waals surface area contributed by atoms with Crippen molar-refractivity contribution in [1.82, 2.24) is 20.0 Å². The van der Waals surface area contributed by atoms with Crippen LogP contribution < -0.4 is 4.74 Å². The smallest absolute Gasteiger partial charge is 0.251 e. The van der Waals surface area contributed by atoms with Crippen molar-refractivity contribution >= 4 is 5.91 Å². The van der Waals surface area contributed by atoms with Crippen LogP contribution in [-0.2, 0) is 11.2 Å². The SMILES string of the molecule is Cc1noc(C)c1CC(=O)N1CCCC(Oc2nccnc2C#N)C1. The van der Waals surface area contributed by atoms with E-state index in [1.807, 2.05) is 19.9 Å². The predicted molar refractivity (Wildman–Crippen MR) is 86.7 cm³/mol. The Morgan fingerprint density at radius 3 is 2.96 bits per heavy atom. The van der Waals surface area contributed by atoms with Gasteiger partial charge in [0.1, 0.15) is 17.9 Å². The zero-order chi connectivity index (χ0) is 17.8. The van der Waals surface area contributed by atoms with Crippen molar-refractivity contribution < 1.29 is 14.1 Å². The number of aryl methyl sites for hydroxylation is 2. The molecule has 2 aromatic heterocycles. The van der Waals surface area contributed by atoms with Gasteiger partial charge in [-0.2, -0.15) is 5.26 Å². The molecule has 0 spiro atoms. The van der Waals surface area contributed by atoms with Crippen molar-refractivity contribution in [3.63, 3.8) is 0 Å². The van der Waals surface area contributed by atoms with Crippen molar-refractivity contribution in [2.24, 2.45) is 0 Å². The van der Waals surface area contributed by atoms with Crippen molar-refractivity contribution in [3.8, 4) is 11.9 Å². The monoisotopic (exact) mass is 341 g/mol. The second kappa shape index (κ2) is 7.30. The van der Waals surface area contributed by atoms with E-state index in [1.54, 1.807) is 4.90 Å². The van der Waals surface area contributed by atoms with E-state index in [4.69, 9.17) is 14.5 Å². The first-order valence-corrected chi connectivity index (χ1v) is 8.15. The fourth-order valence-corrected chi connectivity index (χ4v) is 2.92. The summed E-state index contributed by atoms with van der Waals surface area (Å²) in [5.74, 6) is 0.909. The Morgan fingerprint density at radius 1 is 1.44 bits per heavy atom. The Balaban J connectivity index is 1.65. The van der Waals surface area contributed by atoms with Gasteiger partial charge in [-0.15, -0.1) is 0 Å². The van der Waals surface area contributed by atoms with Gasteiger partial charge in [0.2, 0.25) is 11.6 Å². The fourth-order valence-electron chi connectivity index (χ4n) is 2.92. The molecule has 25 heavy (non-hydrogen) atoms. The quantitative estimate of drug-likeness (QED) is 0.831. The van der Waals surface area contributed by atoms with E-state index in [1.165, 1.54) is 12.4 Å². The number of rotatable bonds is 4. The highest BCUT2D eigenvalue weighted by atomic mass is 16.5. The Morgan fingerprint density at radius 2 is 2.24 bits per heavy atom. The summed E-state index contributed by atoms with van der Waals surface area (Å²) in [6, 6.07) is 1.96. The minimum atomic E-state index is -0.203. The van der Waals surface area contributed by atoms with E-state index in [-0.39, 0.29) is 30.0 Å². The van der Waals surface area contributed by atoms with Gasteiger partial charge in [-0.3, -0.25) is 4.79 Å². The summed E-state index contributed by atoms with van der Waals surface area (Å²) in [7, 11) is 0. The highest BCUT2D eigenvalue weighted by Gasteiger charge is 2.27. The van der Waals surface area contributed by atoms with Crippen molar-refractivity contribution in [1.29, 1.82) is 5.26 Å². The molecule has 1 amide bonds. The van der Waals surface area contributed by atoms with E-state index < -0.39 is 0 Å². The van der Waals surface area contributed by atoms with E-state index in [9.17, 15) is 4.79 Å². The van der Waals surface area contributed by atoms with Crippen molar-refractivity contribution in [2.45, 2.75) is 39.2 Å². The molecule has 0 radical (unpaired) electrons. The molecular formula is C17H19N5O3. The number of piperidine rings is 1. The number of ether oxygens (including phenoxy) is 1. The lowest BCUT2D eigenvalue weighted by molar-refractivity contribution is -0.133. The topological polar surface area (TPSA) is 105 Å². The largest absolute Gasteiger partial charge is 0.470 e. The minimum absolute atomic E-state index is 0.0161. The summed E-state index contributed by atoms with van der Waals surface area (Å²) in [4.78, 5) is 22.4. The maximum atomic E-state index is 12.6. The Bertz CT molecular complexity index is 791. The van der Waals surface area contributed by atoms with E-state index in [0.717, 1.165) is 24.1 Å². The van der Waals surface area contributed by atoms with Crippen LogP contribution in [-0.4, -0.2) is 45.1 Å². The first kappa shape index (κ1) is 16.9. The van der Waals surface area contributed by atoms with Gasteiger partial charge in [0.25, 0.3) is 5.88 Å². The van der Waals surface area contributed by atoms with Crippen molar-refractivity contribution in [3.05, 3.63) is 35.1 Å². The Labute approximate surface area is 145 Å². The first-order valence-electron chi connectivity index (χ1n) is 8.15. The van der Waals surface area contributed by atoms with Gasteiger partial charge in [-0.1, -0.05) is 5.16 Å². The molecule has 130 valence electrons. The molecule has 3 rings (SSSR count). The Kier molecular flexibility index (Phi) is 4.93. The normalized spacial score (nSPS) is 17.2. The predicted octanol–water partition coefficient (Wildman–Crippen LogP) is 1.57. The number of amides is 1. The van der Waals surface area contributed by atoms with Crippen LogP contribution in [0.15, 0.2) is 16.9 Å². The summed E-state index contributed by atoms with van der Waals surface area (Å²) >= 11 is 0. The van der Waals surface area contributed by atoms with Crippen LogP contribution in [0.4, 0.5) is 0 Å².